The first-order chi connectivity index (χ1) is 8.35. The third-order valence-corrected chi connectivity index (χ3v) is 3.06. The molecule has 1 aliphatic rings. The zero-order valence-corrected chi connectivity index (χ0v) is 10.6. The van der Waals surface area contributed by atoms with Crippen LogP contribution in [0.2, 0.25) is 0 Å². The second-order valence-corrected chi connectivity index (χ2v) is 4.13. The fourth-order valence-electron chi connectivity index (χ4n) is 2.10. The summed E-state index contributed by atoms with van der Waals surface area (Å²) in [5, 5.41) is 11.4. The number of nitrogens with zero attached hydrogens (tertiary/aromatic N) is 5. The average Bonchev–Trinajstić information content (AvgIpc) is 2.99. The number of nitrogens with one attached hydrogen (secondary N) is 1. The normalized spacial score (nSPS) is 16.6. The van der Waals surface area contributed by atoms with Gasteiger partial charge in [-0.1, -0.05) is 0 Å². The Kier molecular flexibility index (Phi) is 3.95. The monoisotopic (exact) mass is 236 g/mol. The van der Waals surface area contributed by atoms with Gasteiger partial charge in [-0.05, 0) is 19.8 Å². The lowest BCUT2D eigenvalue weighted by Gasteiger charge is -2.20. The van der Waals surface area contributed by atoms with Gasteiger partial charge >= 0.3 is 0 Å². The summed E-state index contributed by atoms with van der Waals surface area (Å²) in [6, 6.07) is 0. The number of aliphatic imine (C=N–C) groups is 1. The van der Waals surface area contributed by atoms with Crippen molar-refractivity contribution < 1.29 is 0 Å². The lowest BCUT2D eigenvalue weighted by Crippen LogP contribution is -2.39. The van der Waals surface area contributed by atoms with E-state index in [0.29, 0.717) is 6.54 Å². The van der Waals surface area contributed by atoms with Gasteiger partial charge in [0.2, 0.25) is 0 Å². The molecule has 94 valence electrons. The summed E-state index contributed by atoms with van der Waals surface area (Å²) in [5.74, 6) is 1.92. The Morgan fingerprint density at radius 2 is 2.24 bits per heavy atom. The van der Waals surface area contributed by atoms with Crippen molar-refractivity contribution in [2.24, 2.45) is 4.99 Å². The van der Waals surface area contributed by atoms with Gasteiger partial charge in [0.15, 0.2) is 11.8 Å². The number of aryl methyl sites for hydroxylation is 1. The number of aromatic nitrogens is 3. The van der Waals surface area contributed by atoms with E-state index >= 15 is 0 Å². The summed E-state index contributed by atoms with van der Waals surface area (Å²) in [6.07, 6.45) is 4.27. The van der Waals surface area contributed by atoms with E-state index in [9.17, 15) is 0 Å². The minimum Gasteiger partial charge on any atom is -0.349 e. The molecule has 0 unspecified atom stereocenters. The first-order valence-electron chi connectivity index (χ1n) is 6.17. The molecule has 2 rings (SSSR count). The highest BCUT2D eigenvalue weighted by molar-refractivity contribution is 5.79. The zero-order valence-electron chi connectivity index (χ0n) is 10.6. The zero-order chi connectivity index (χ0) is 12.1. The molecule has 0 aliphatic carbocycles. The van der Waals surface area contributed by atoms with Gasteiger partial charge in [-0.2, -0.15) is 0 Å². The van der Waals surface area contributed by atoms with Gasteiger partial charge in [0, 0.05) is 26.7 Å². The molecule has 0 atom stereocenters. The number of hydrogen-bond acceptors (Lipinski definition) is 3. The molecular formula is C11H20N6. The Morgan fingerprint density at radius 1 is 1.47 bits per heavy atom. The van der Waals surface area contributed by atoms with Crippen LogP contribution in [0.5, 0.6) is 0 Å². The molecule has 17 heavy (non-hydrogen) atoms. The summed E-state index contributed by atoms with van der Waals surface area (Å²) in [7, 11) is 1.82. The van der Waals surface area contributed by atoms with Crippen LogP contribution in [0.4, 0.5) is 0 Å². The van der Waals surface area contributed by atoms with Gasteiger partial charge in [-0.3, -0.25) is 4.99 Å². The van der Waals surface area contributed by atoms with Crippen molar-refractivity contribution in [3.63, 3.8) is 0 Å². The molecule has 6 nitrogen and oxygen atoms in total. The van der Waals surface area contributed by atoms with E-state index in [0.717, 1.165) is 31.4 Å². The third kappa shape index (κ3) is 2.75. The summed E-state index contributed by atoms with van der Waals surface area (Å²) in [5.41, 5.74) is 0. The second kappa shape index (κ2) is 5.65. The van der Waals surface area contributed by atoms with Crippen molar-refractivity contribution in [2.75, 3.05) is 20.1 Å². The van der Waals surface area contributed by atoms with Gasteiger partial charge in [-0.15, -0.1) is 10.2 Å². The molecule has 1 aliphatic heterocycles. The van der Waals surface area contributed by atoms with Crippen molar-refractivity contribution in [1.29, 1.82) is 0 Å². The standard InChI is InChI=1S/C11H20N6/c1-3-16-9-14-15-10(16)8-13-11(12-2)17-6-4-5-7-17/h9H,3-8H2,1-2H3,(H,12,13). The second-order valence-electron chi connectivity index (χ2n) is 4.13. The van der Waals surface area contributed by atoms with E-state index in [1.807, 2.05) is 11.6 Å². The highest BCUT2D eigenvalue weighted by Crippen LogP contribution is 2.07. The Labute approximate surface area is 102 Å². The molecule has 0 aromatic carbocycles. The smallest absolute Gasteiger partial charge is 0.194 e. The van der Waals surface area contributed by atoms with E-state index in [-0.39, 0.29) is 0 Å². The largest absolute Gasteiger partial charge is 0.349 e. The van der Waals surface area contributed by atoms with Crippen molar-refractivity contribution in [2.45, 2.75) is 32.9 Å². The molecule has 0 bridgehead atoms. The van der Waals surface area contributed by atoms with Crippen molar-refractivity contribution in [1.82, 2.24) is 25.0 Å². The van der Waals surface area contributed by atoms with Crippen molar-refractivity contribution in [3.8, 4) is 0 Å². The molecule has 1 saturated heterocycles. The lowest BCUT2D eigenvalue weighted by atomic mass is 10.4. The maximum atomic E-state index is 4.30. The summed E-state index contributed by atoms with van der Waals surface area (Å²) in [4.78, 5) is 6.58. The molecule has 6 heteroatoms. The predicted octanol–water partition coefficient (Wildman–Crippen LogP) is 0.469. The highest BCUT2D eigenvalue weighted by Gasteiger charge is 2.15. The third-order valence-electron chi connectivity index (χ3n) is 3.06. The van der Waals surface area contributed by atoms with E-state index in [1.165, 1.54) is 12.8 Å². The number of guanidine groups is 1. The Hall–Kier alpha value is -1.59. The molecule has 0 saturated carbocycles. The van der Waals surface area contributed by atoms with Crippen LogP contribution in [0.15, 0.2) is 11.3 Å². The van der Waals surface area contributed by atoms with E-state index in [4.69, 9.17) is 0 Å². The van der Waals surface area contributed by atoms with Gasteiger partial charge in [0.25, 0.3) is 0 Å². The summed E-state index contributed by atoms with van der Waals surface area (Å²) >= 11 is 0. The van der Waals surface area contributed by atoms with Gasteiger partial charge in [0.1, 0.15) is 6.33 Å². The Balaban J connectivity index is 1.92. The fourth-order valence-corrected chi connectivity index (χ4v) is 2.10. The Morgan fingerprint density at radius 3 is 2.88 bits per heavy atom. The van der Waals surface area contributed by atoms with Crippen LogP contribution < -0.4 is 5.32 Å². The predicted molar refractivity (Wildman–Crippen MR) is 66.7 cm³/mol. The van der Waals surface area contributed by atoms with E-state index in [1.54, 1.807) is 6.33 Å². The highest BCUT2D eigenvalue weighted by atomic mass is 15.3. The van der Waals surface area contributed by atoms with Crippen LogP contribution in [0.1, 0.15) is 25.6 Å². The van der Waals surface area contributed by atoms with Crippen LogP contribution in [0, 0.1) is 0 Å². The minimum absolute atomic E-state index is 0.678. The number of likely N-dealkylation sites (tertiary alicyclic amines) is 1. The molecule has 0 radical (unpaired) electrons. The first kappa shape index (κ1) is 11.9. The molecular weight excluding hydrogens is 216 g/mol. The van der Waals surface area contributed by atoms with E-state index in [2.05, 4.69) is 32.3 Å². The minimum atomic E-state index is 0.678. The molecule has 0 amide bonds. The van der Waals surface area contributed by atoms with Gasteiger partial charge in [0.05, 0.1) is 6.54 Å². The van der Waals surface area contributed by atoms with Gasteiger partial charge in [-0.25, -0.2) is 0 Å². The van der Waals surface area contributed by atoms with Gasteiger partial charge < -0.3 is 14.8 Å². The van der Waals surface area contributed by atoms with E-state index < -0.39 is 0 Å². The van der Waals surface area contributed by atoms with Crippen LogP contribution >= 0.6 is 0 Å². The Bertz CT molecular complexity index is 377. The van der Waals surface area contributed by atoms with Crippen molar-refractivity contribution in [3.05, 3.63) is 12.2 Å². The molecule has 1 fully saturated rings. The summed E-state index contributed by atoms with van der Waals surface area (Å²) < 4.78 is 2.03. The van der Waals surface area contributed by atoms with Crippen LogP contribution in [-0.4, -0.2) is 45.8 Å². The van der Waals surface area contributed by atoms with Crippen LogP contribution in [-0.2, 0) is 13.1 Å². The topological polar surface area (TPSA) is 58.3 Å². The van der Waals surface area contributed by atoms with Crippen LogP contribution in [0.25, 0.3) is 0 Å². The maximum Gasteiger partial charge on any atom is 0.194 e. The number of hydrogen-bond donors (Lipinski definition) is 1. The maximum absolute atomic E-state index is 4.30. The molecule has 1 aromatic heterocycles. The molecule has 1 N–H and O–H groups in total. The SMILES string of the molecule is CCn1cnnc1CNC(=NC)N1CCCC1. The van der Waals surface area contributed by atoms with Crippen molar-refractivity contribution >= 4 is 5.96 Å². The average molecular weight is 236 g/mol. The molecule has 1 aromatic rings. The number of rotatable bonds is 3. The molecule has 2 heterocycles. The quantitative estimate of drug-likeness (QED) is 0.612. The van der Waals surface area contributed by atoms with Crippen LogP contribution in [0.3, 0.4) is 0 Å². The fraction of sp³-hybridized carbons (Fsp3) is 0.727. The summed E-state index contributed by atoms with van der Waals surface area (Å²) in [6.45, 7) is 5.85. The lowest BCUT2D eigenvalue weighted by molar-refractivity contribution is 0.490. The first-order valence-corrected chi connectivity index (χ1v) is 6.17. The molecule has 0 spiro atoms.